The number of rotatable bonds is 3. The number of aryl methyl sites for hydroxylation is 1. The topological polar surface area (TPSA) is 152 Å². The summed E-state index contributed by atoms with van der Waals surface area (Å²) in [5.74, 6) is 0.124. The zero-order valence-corrected chi connectivity index (χ0v) is 13.1. The van der Waals surface area contributed by atoms with E-state index in [4.69, 9.17) is 5.26 Å². The van der Waals surface area contributed by atoms with Crippen LogP contribution in [0.15, 0.2) is 27.8 Å². The number of fused-ring (bicyclic) bond motifs is 1. The van der Waals surface area contributed by atoms with E-state index in [0.29, 0.717) is 0 Å². The molecule has 0 fully saturated rings. The Bertz CT molecular complexity index is 1180. The Balaban J connectivity index is 2.11. The van der Waals surface area contributed by atoms with Gasteiger partial charge < -0.3 is 10.3 Å². The molecule has 0 aliphatic rings. The standard InChI is InChI=1S/C14H11N7O4/c1-19-11-10(12(22)20(2)14(19)23)17-13(18-11)16-9-4-3-8(21(24)25)5-7(9)6-15/h3-5H,1-2H3,(H2,16,17,18). The van der Waals surface area contributed by atoms with Crippen molar-refractivity contribution in [3.8, 4) is 6.07 Å². The first-order chi connectivity index (χ1) is 11.8. The molecule has 0 radical (unpaired) electrons. The first kappa shape index (κ1) is 15.9. The third-order valence-corrected chi connectivity index (χ3v) is 3.68. The van der Waals surface area contributed by atoms with Crippen molar-refractivity contribution < 1.29 is 4.92 Å². The van der Waals surface area contributed by atoms with Gasteiger partial charge in [-0.3, -0.25) is 24.0 Å². The number of nitriles is 1. The molecule has 0 aliphatic heterocycles. The Hall–Kier alpha value is -3.94. The van der Waals surface area contributed by atoms with Crippen LogP contribution in [-0.2, 0) is 14.1 Å². The Morgan fingerprint density at radius 3 is 2.68 bits per heavy atom. The average Bonchev–Trinajstić information content (AvgIpc) is 3.02. The molecule has 0 unspecified atom stereocenters. The Labute approximate surface area is 138 Å². The van der Waals surface area contributed by atoms with Gasteiger partial charge in [-0.05, 0) is 6.07 Å². The summed E-state index contributed by atoms with van der Waals surface area (Å²) >= 11 is 0. The maximum atomic E-state index is 12.1. The molecule has 0 saturated heterocycles. The molecule has 2 N–H and O–H groups in total. The lowest BCUT2D eigenvalue weighted by molar-refractivity contribution is -0.384. The lowest BCUT2D eigenvalue weighted by atomic mass is 10.2. The SMILES string of the molecule is Cn1c(=O)c2[nH]c(Nc3ccc([N+](=O)[O-])cc3C#N)nc2n(C)c1=O. The maximum absolute atomic E-state index is 12.1. The number of non-ortho nitro benzene ring substituents is 1. The van der Waals surface area contributed by atoms with Crippen molar-refractivity contribution in [2.75, 3.05) is 5.32 Å². The molecule has 0 amide bonds. The van der Waals surface area contributed by atoms with Crippen LogP contribution in [-0.4, -0.2) is 24.0 Å². The van der Waals surface area contributed by atoms with Gasteiger partial charge >= 0.3 is 5.69 Å². The number of aromatic nitrogens is 4. The molecule has 2 aromatic heterocycles. The number of benzene rings is 1. The second kappa shape index (κ2) is 5.60. The molecule has 0 atom stereocenters. The highest BCUT2D eigenvalue weighted by atomic mass is 16.6. The number of H-pyrrole nitrogens is 1. The maximum Gasteiger partial charge on any atom is 0.332 e. The van der Waals surface area contributed by atoms with E-state index in [1.165, 1.54) is 30.8 Å². The molecule has 0 aliphatic carbocycles. The van der Waals surface area contributed by atoms with Gasteiger partial charge in [0.25, 0.3) is 11.2 Å². The van der Waals surface area contributed by atoms with Gasteiger partial charge in [-0.25, -0.2) is 4.79 Å². The van der Waals surface area contributed by atoms with Crippen molar-refractivity contribution in [3.05, 3.63) is 54.7 Å². The quantitative estimate of drug-likeness (QED) is 0.519. The highest BCUT2D eigenvalue weighted by Crippen LogP contribution is 2.24. The fraction of sp³-hybridized carbons (Fsp3) is 0.143. The molecule has 126 valence electrons. The smallest absolute Gasteiger partial charge is 0.325 e. The normalized spacial score (nSPS) is 10.6. The summed E-state index contributed by atoms with van der Waals surface area (Å²) in [4.78, 5) is 41.1. The van der Waals surface area contributed by atoms with Gasteiger partial charge in [0, 0.05) is 26.2 Å². The number of hydrogen-bond donors (Lipinski definition) is 2. The number of nitro groups is 1. The second-order valence-electron chi connectivity index (χ2n) is 5.21. The van der Waals surface area contributed by atoms with E-state index in [1.54, 1.807) is 0 Å². The molecule has 0 bridgehead atoms. The fourth-order valence-corrected chi connectivity index (χ4v) is 2.36. The molecule has 0 spiro atoms. The highest BCUT2D eigenvalue weighted by Gasteiger charge is 2.15. The van der Waals surface area contributed by atoms with Crippen molar-refractivity contribution in [3.63, 3.8) is 0 Å². The Morgan fingerprint density at radius 1 is 1.32 bits per heavy atom. The van der Waals surface area contributed by atoms with Gasteiger partial charge in [0.05, 0.1) is 16.2 Å². The minimum atomic E-state index is -0.606. The molecule has 1 aromatic carbocycles. The van der Waals surface area contributed by atoms with Crippen molar-refractivity contribution in [1.82, 2.24) is 19.1 Å². The minimum absolute atomic E-state index is 0.0384. The van der Waals surface area contributed by atoms with Crippen molar-refractivity contribution in [1.29, 1.82) is 5.26 Å². The van der Waals surface area contributed by atoms with E-state index < -0.39 is 16.2 Å². The molecule has 3 rings (SSSR count). The van der Waals surface area contributed by atoms with Crippen LogP contribution in [0, 0.1) is 21.4 Å². The number of aromatic amines is 1. The van der Waals surface area contributed by atoms with Gasteiger partial charge in [-0.15, -0.1) is 0 Å². The monoisotopic (exact) mass is 341 g/mol. The largest absolute Gasteiger partial charge is 0.332 e. The van der Waals surface area contributed by atoms with Crippen LogP contribution in [0.25, 0.3) is 11.2 Å². The summed E-state index contributed by atoms with van der Waals surface area (Å²) in [6.07, 6.45) is 0. The van der Waals surface area contributed by atoms with E-state index in [9.17, 15) is 19.7 Å². The lowest BCUT2D eigenvalue weighted by Gasteiger charge is -2.04. The van der Waals surface area contributed by atoms with Crippen LogP contribution in [0.3, 0.4) is 0 Å². The zero-order valence-electron chi connectivity index (χ0n) is 13.1. The van der Waals surface area contributed by atoms with Crippen LogP contribution in [0.5, 0.6) is 0 Å². The van der Waals surface area contributed by atoms with Crippen LogP contribution >= 0.6 is 0 Å². The first-order valence-corrected chi connectivity index (χ1v) is 6.94. The van der Waals surface area contributed by atoms with Gasteiger partial charge in [-0.1, -0.05) is 0 Å². The lowest BCUT2D eigenvalue weighted by Crippen LogP contribution is -2.36. The van der Waals surface area contributed by atoms with Gasteiger partial charge in [0.2, 0.25) is 5.95 Å². The zero-order chi connectivity index (χ0) is 18.3. The number of hydrogen-bond acceptors (Lipinski definition) is 7. The summed E-state index contributed by atoms with van der Waals surface area (Å²) < 4.78 is 2.15. The molecule has 0 saturated carbocycles. The van der Waals surface area contributed by atoms with Crippen LogP contribution in [0.2, 0.25) is 0 Å². The summed E-state index contributed by atoms with van der Waals surface area (Å²) in [6, 6.07) is 5.58. The summed E-state index contributed by atoms with van der Waals surface area (Å²) in [6.45, 7) is 0. The molecule has 2 heterocycles. The molecule has 25 heavy (non-hydrogen) atoms. The van der Waals surface area contributed by atoms with E-state index in [2.05, 4.69) is 15.3 Å². The van der Waals surface area contributed by atoms with Crippen molar-refractivity contribution >= 4 is 28.5 Å². The van der Waals surface area contributed by atoms with E-state index >= 15 is 0 Å². The summed E-state index contributed by atoms with van der Waals surface area (Å²) in [5, 5.41) is 22.7. The first-order valence-electron chi connectivity index (χ1n) is 6.94. The Morgan fingerprint density at radius 2 is 2.04 bits per heavy atom. The third-order valence-electron chi connectivity index (χ3n) is 3.68. The van der Waals surface area contributed by atoms with Crippen LogP contribution in [0.1, 0.15) is 5.56 Å². The molecule has 11 heteroatoms. The molecular weight excluding hydrogens is 330 g/mol. The van der Waals surface area contributed by atoms with Crippen LogP contribution < -0.4 is 16.6 Å². The Kier molecular flexibility index (Phi) is 3.57. The van der Waals surface area contributed by atoms with Gasteiger partial charge in [-0.2, -0.15) is 10.2 Å². The number of anilines is 2. The van der Waals surface area contributed by atoms with E-state index in [1.807, 2.05) is 6.07 Å². The highest BCUT2D eigenvalue weighted by molar-refractivity contribution is 5.75. The number of nitrogens with zero attached hydrogens (tertiary/aromatic N) is 5. The van der Waals surface area contributed by atoms with Crippen molar-refractivity contribution in [2.45, 2.75) is 0 Å². The summed E-state index contributed by atoms with van der Waals surface area (Å²) in [5.41, 5.74) is -0.705. The van der Waals surface area contributed by atoms with E-state index in [0.717, 1.165) is 10.6 Å². The van der Waals surface area contributed by atoms with Crippen LogP contribution in [0.4, 0.5) is 17.3 Å². The van der Waals surface area contributed by atoms with Gasteiger partial charge in [0.15, 0.2) is 11.2 Å². The predicted molar refractivity (Wildman–Crippen MR) is 87.7 cm³/mol. The van der Waals surface area contributed by atoms with Crippen molar-refractivity contribution in [2.24, 2.45) is 14.1 Å². The summed E-state index contributed by atoms with van der Waals surface area (Å²) in [7, 11) is 2.82. The molecule has 11 nitrogen and oxygen atoms in total. The molecular formula is C14H11N7O4. The minimum Gasteiger partial charge on any atom is -0.325 e. The number of nitro benzene ring substituents is 1. The van der Waals surface area contributed by atoms with E-state index in [-0.39, 0.29) is 34.1 Å². The third kappa shape index (κ3) is 2.51. The molecule has 3 aromatic rings. The number of imidazole rings is 1. The second-order valence-corrected chi connectivity index (χ2v) is 5.21. The fourth-order valence-electron chi connectivity index (χ4n) is 2.36. The average molecular weight is 341 g/mol. The predicted octanol–water partition coefficient (Wildman–Crippen LogP) is 0.484. The van der Waals surface area contributed by atoms with Gasteiger partial charge in [0.1, 0.15) is 6.07 Å². The number of nitrogens with one attached hydrogen (secondary N) is 2.